The predicted octanol–water partition coefficient (Wildman–Crippen LogP) is 10.7. The molecule has 0 amide bonds. The fourth-order valence-electron chi connectivity index (χ4n) is 6.29. The predicted molar refractivity (Wildman–Crippen MR) is 194 cm³/mol. The molecule has 0 aliphatic carbocycles. The molecule has 5 heteroatoms. The number of benzene rings is 7. The minimum atomic E-state index is -1.53. The summed E-state index contributed by atoms with van der Waals surface area (Å²) >= 11 is 0. The molecule has 0 fully saturated rings. The minimum Gasteiger partial charge on any atom is -0.408 e. The van der Waals surface area contributed by atoms with E-state index < -0.39 is 16.1 Å². The second-order valence-electron chi connectivity index (χ2n) is 11.2. The molecule has 0 spiro atoms. The molecule has 7 aromatic carbocycles. The lowest BCUT2D eigenvalue weighted by atomic mass is 9.99. The summed E-state index contributed by atoms with van der Waals surface area (Å²) < 4.78 is 13.6. The van der Waals surface area contributed by atoms with Gasteiger partial charge < -0.3 is 8.39 Å². The van der Waals surface area contributed by atoms with Gasteiger partial charge in [0.05, 0.1) is 0 Å². The summed E-state index contributed by atoms with van der Waals surface area (Å²) in [7, 11) is -2.29. The minimum absolute atomic E-state index is 0.0318. The number of rotatable bonds is 6. The van der Waals surface area contributed by atoms with Gasteiger partial charge in [-0.3, -0.25) is 0 Å². The highest BCUT2D eigenvalue weighted by molar-refractivity contribution is 7.79. The van der Waals surface area contributed by atoms with Crippen molar-refractivity contribution >= 4 is 75.5 Å². The Hall–Kier alpha value is -4.65. The first kappa shape index (κ1) is 27.9. The highest BCUT2D eigenvalue weighted by atomic mass is 31.1. The Morgan fingerprint density at radius 2 is 0.978 bits per heavy atom. The van der Waals surface area contributed by atoms with Gasteiger partial charge in [0.15, 0.2) is 0 Å². The van der Waals surface area contributed by atoms with Gasteiger partial charge in [-0.25, -0.2) is 5.09 Å². The molecule has 1 atom stereocenters. The number of hydrogen-bond acceptors (Lipinski definition) is 3. The molecule has 0 saturated heterocycles. The van der Waals surface area contributed by atoms with Gasteiger partial charge in [0.1, 0.15) is 11.2 Å². The van der Waals surface area contributed by atoms with Crippen LogP contribution in [0, 0.1) is 0 Å². The zero-order valence-corrected chi connectivity index (χ0v) is 26.6. The van der Waals surface area contributed by atoms with Crippen LogP contribution in [-0.4, -0.2) is 0 Å². The lowest BCUT2D eigenvalue weighted by molar-refractivity contribution is 0.637. The summed E-state index contributed by atoms with van der Waals surface area (Å²) in [5.74, 6) is 0. The van der Waals surface area contributed by atoms with Crippen molar-refractivity contribution in [3.8, 4) is 0 Å². The van der Waals surface area contributed by atoms with Crippen molar-refractivity contribution in [1.29, 1.82) is 0 Å². The van der Waals surface area contributed by atoms with Gasteiger partial charge in [0, 0.05) is 16.8 Å². The molecule has 0 radical (unpaired) electrons. The van der Waals surface area contributed by atoms with Crippen LogP contribution in [0.5, 0.6) is 0 Å². The van der Waals surface area contributed by atoms with Gasteiger partial charge in [-0.2, -0.15) is 0 Å². The molecule has 0 aliphatic rings. The summed E-state index contributed by atoms with van der Waals surface area (Å²) in [6.45, 7) is 2.21. The number of nitrogens with one attached hydrogen (secondary N) is 1. The molecule has 0 unspecified atom stereocenters. The van der Waals surface area contributed by atoms with E-state index in [1.54, 1.807) is 0 Å². The van der Waals surface area contributed by atoms with Crippen molar-refractivity contribution in [2.75, 3.05) is 5.09 Å². The van der Waals surface area contributed by atoms with Crippen molar-refractivity contribution in [3.63, 3.8) is 0 Å². The molecule has 8 rings (SSSR count). The molecular weight excluding hydrogens is 588 g/mol. The molecular formula is C40H31NO2P2. The van der Waals surface area contributed by atoms with Crippen molar-refractivity contribution in [1.82, 2.24) is 0 Å². The number of fused-ring (bicyclic) bond motifs is 7. The fourth-order valence-corrected chi connectivity index (χ4v) is 10.1. The molecule has 218 valence electrons. The zero-order chi connectivity index (χ0) is 30.2. The maximum absolute atomic E-state index is 6.80. The first-order valence-corrected chi connectivity index (χ1v) is 17.7. The average Bonchev–Trinajstić information content (AvgIpc) is 3.26. The quantitative estimate of drug-likeness (QED) is 0.188. The molecule has 1 N–H and O–H groups in total. The van der Waals surface area contributed by atoms with Gasteiger partial charge in [-0.05, 0) is 70.0 Å². The Bertz CT molecular complexity index is 2200. The highest BCUT2D eigenvalue weighted by Crippen LogP contribution is 2.42. The van der Waals surface area contributed by atoms with E-state index in [0.29, 0.717) is 0 Å². The van der Waals surface area contributed by atoms with E-state index in [0.717, 1.165) is 32.7 Å². The van der Waals surface area contributed by atoms with Crippen LogP contribution in [0.2, 0.25) is 0 Å². The summed E-state index contributed by atoms with van der Waals surface area (Å²) in [6.07, 6.45) is 0. The van der Waals surface area contributed by atoms with Crippen LogP contribution in [0.15, 0.2) is 166 Å². The topological polar surface area (TPSA) is 38.3 Å². The van der Waals surface area contributed by atoms with Crippen LogP contribution < -0.4 is 21.0 Å². The van der Waals surface area contributed by atoms with Crippen LogP contribution >= 0.6 is 16.1 Å². The van der Waals surface area contributed by atoms with Gasteiger partial charge in [0.2, 0.25) is 0 Å². The summed E-state index contributed by atoms with van der Waals surface area (Å²) in [6, 6.07) is 56.0. The first-order valence-electron chi connectivity index (χ1n) is 15.2. The van der Waals surface area contributed by atoms with E-state index in [1.165, 1.54) is 32.2 Å². The van der Waals surface area contributed by atoms with E-state index in [9.17, 15) is 0 Å². The second-order valence-corrected chi connectivity index (χ2v) is 14.5. The Labute approximate surface area is 264 Å². The summed E-state index contributed by atoms with van der Waals surface area (Å²) in [5.41, 5.74) is 2.91. The smallest absolute Gasteiger partial charge is 0.307 e. The van der Waals surface area contributed by atoms with Crippen molar-refractivity contribution in [2.24, 2.45) is 0 Å². The lowest BCUT2D eigenvalue weighted by Crippen LogP contribution is -2.25. The molecule has 0 aliphatic heterocycles. The SMILES string of the molecule is C[C@@H](Np1oc2ccc3ccccc3c2c2c(ccc3ccccc32)o1)c1ccccc1P(c1ccccc1)c1ccccc1. The standard InChI is InChI=1S/C40H31NO2P2/c1-28(33-20-12-13-23-38(33)44(31-16-4-2-5-17-31)32-18-6-3-7-19-32)41-45-42-36-26-24-29-14-8-10-21-34(29)39(36)40-35-22-11-9-15-30(35)25-27-37(40)43-45/h2-28,41H,1H3/t28-/m1/s1. The number of hydrogen-bond donors (Lipinski definition) is 1. The molecule has 1 aromatic heterocycles. The second kappa shape index (κ2) is 12.0. The first-order chi connectivity index (χ1) is 22.2. The Morgan fingerprint density at radius 3 is 1.53 bits per heavy atom. The largest absolute Gasteiger partial charge is 0.408 e. The van der Waals surface area contributed by atoms with Crippen LogP contribution in [0.25, 0.3) is 43.5 Å². The Kier molecular flexibility index (Phi) is 7.45. The van der Waals surface area contributed by atoms with E-state index in [-0.39, 0.29) is 6.04 Å². The molecule has 8 aromatic rings. The van der Waals surface area contributed by atoms with E-state index >= 15 is 0 Å². The van der Waals surface area contributed by atoms with E-state index in [1.807, 2.05) is 0 Å². The third-order valence-electron chi connectivity index (χ3n) is 8.37. The third kappa shape index (κ3) is 5.24. The van der Waals surface area contributed by atoms with Crippen LogP contribution in [-0.2, 0) is 0 Å². The van der Waals surface area contributed by atoms with Crippen molar-refractivity contribution in [2.45, 2.75) is 13.0 Å². The van der Waals surface area contributed by atoms with Crippen LogP contribution in [0.4, 0.5) is 0 Å². The molecule has 1 heterocycles. The van der Waals surface area contributed by atoms with E-state index in [2.05, 4.69) is 170 Å². The fraction of sp³-hybridized carbons (Fsp3) is 0.0500. The van der Waals surface area contributed by atoms with E-state index in [4.69, 9.17) is 8.39 Å². The third-order valence-corrected chi connectivity index (χ3v) is 12.2. The Morgan fingerprint density at radius 1 is 0.511 bits per heavy atom. The van der Waals surface area contributed by atoms with Crippen LogP contribution in [0.3, 0.4) is 0 Å². The maximum Gasteiger partial charge on any atom is 0.307 e. The average molecular weight is 620 g/mol. The van der Waals surface area contributed by atoms with Crippen molar-refractivity contribution in [3.05, 3.63) is 163 Å². The maximum atomic E-state index is 6.80. The van der Waals surface area contributed by atoms with Gasteiger partial charge in [-0.1, -0.05) is 146 Å². The highest BCUT2D eigenvalue weighted by Gasteiger charge is 2.23. The summed E-state index contributed by atoms with van der Waals surface area (Å²) in [5, 5.41) is 14.6. The molecule has 45 heavy (non-hydrogen) atoms. The molecule has 3 nitrogen and oxygen atoms in total. The lowest BCUT2D eigenvalue weighted by Gasteiger charge is -2.24. The zero-order valence-electron chi connectivity index (χ0n) is 24.8. The van der Waals surface area contributed by atoms with Gasteiger partial charge in [0.25, 0.3) is 0 Å². The normalized spacial score (nSPS) is 12.3. The summed E-state index contributed by atoms with van der Waals surface area (Å²) in [4.78, 5) is 0. The van der Waals surface area contributed by atoms with Crippen molar-refractivity contribution < 1.29 is 8.39 Å². The molecule has 0 saturated carbocycles. The Balaban J connectivity index is 1.30. The van der Waals surface area contributed by atoms with Gasteiger partial charge >= 0.3 is 8.16 Å². The van der Waals surface area contributed by atoms with Crippen LogP contribution in [0.1, 0.15) is 18.5 Å². The monoisotopic (exact) mass is 619 g/mol. The van der Waals surface area contributed by atoms with Gasteiger partial charge in [-0.15, -0.1) is 0 Å². The molecule has 0 bridgehead atoms.